The predicted molar refractivity (Wildman–Crippen MR) is 98.9 cm³/mol. The highest BCUT2D eigenvalue weighted by Gasteiger charge is 2.16. The van der Waals surface area contributed by atoms with Crippen LogP contribution >= 0.6 is 23.7 Å². The summed E-state index contributed by atoms with van der Waals surface area (Å²) in [4.78, 5) is 15.9. The van der Waals surface area contributed by atoms with Crippen molar-refractivity contribution in [2.75, 3.05) is 40.4 Å². The molecule has 1 N–H and O–H groups in total. The first-order chi connectivity index (χ1) is 11.2. The van der Waals surface area contributed by atoms with Crippen molar-refractivity contribution >= 4 is 29.7 Å². The molecule has 0 fully saturated rings. The normalized spacial score (nSPS) is 12.4. The molecule has 0 radical (unpaired) electrons. The Morgan fingerprint density at radius 2 is 1.96 bits per heavy atom. The summed E-state index contributed by atoms with van der Waals surface area (Å²) < 4.78 is 11.2. The van der Waals surface area contributed by atoms with Crippen LogP contribution in [0.1, 0.15) is 9.67 Å². The van der Waals surface area contributed by atoms with Crippen LogP contribution in [0.3, 0.4) is 0 Å². The highest BCUT2D eigenvalue weighted by Crippen LogP contribution is 2.37. The molecule has 0 aliphatic carbocycles. The molecule has 1 amide bonds. The van der Waals surface area contributed by atoms with Crippen molar-refractivity contribution in [3.63, 3.8) is 0 Å². The number of halogens is 1. The lowest BCUT2D eigenvalue weighted by Crippen LogP contribution is -2.32. The molecule has 1 aliphatic heterocycles. The number of ether oxygens (including phenoxy) is 2. The number of thiophene rings is 1. The van der Waals surface area contributed by atoms with Crippen molar-refractivity contribution in [2.45, 2.75) is 0 Å². The number of nitrogens with zero attached hydrogens (tertiary/aromatic N) is 1. The number of hydrogen-bond acceptors (Lipinski definition) is 5. The summed E-state index contributed by atoms with van der Waals surface area (Å²) in [6.07, 6.45) is 0. The minimum absolute atomic E-state index is 0. The topological polar surface area (TPSA) is 50.8 Å². The number of carbonyl (C=O) groups excluding carboxylic acids is 1. The Hall–Kier alpha value is -1.76. The molecule has 7 heteroatoms. The van der Waals surface area contributed by atoms with Gasteiger partial charge in [0, 0.05) is 25.0 Å². The van der Waals surface area contributed by atoms with Gasteiger partial charge in [-0.15, -0.1) is 23.7 Å². The molecule has 1 aromatic carbocycles. The van der Waals surface area contributed by atoms with Crippen molar-refractivity contribution in [2.24, 2.45) is 0 Å². The summed E-state index contributed by atoms with van der Waals surface area (Å²) in [5.74, 6) is 1.59. The number of rotatable bonds is 5. The molecule has 0 saturated carbocycles. The van der Waals surface area contributed by atoms with Crippen molar-refractivity contribution < 1.29 is 14.3 Å². The molecule has 1 aromatic heterocycles. The van der Waals surface area contributed by atoms with E-state index in [0.717, 1.165) is 33.4 Å². The number of carbonyl (C=O) groups is 1. The van der Waals surface area contributed by atoms with E-state index in [1.165, 1.54) is 11.3 Å². The molecule has 0 bridgehead atoms. The largest absolute Gasteiger partial charge is 0.486 e. The second-order valence-electron chi connectivity index (χ2n) is 5.35. The average Bonchev–Trinajstić information content (AvgIpc) is 3.08. The van der Waals surface area contributed by atoms with Crippen LogP contribution in [0.2, 0.25) is 0 Å². The molecule has 1 aliphatic rings. The van der Waals surface area contributed by atoms with Gasteiger partial charge in [0.1, 0.15) is 13.2 Å². The van der Waals surface area contributed by atoms with Crippen LogP contribution in [-0.4, -0.2) is 51.2 Å². The van der Waals surface area contributed by atoms with E-state index in [9.17, 15) is 4.79 Å². The molecule has 130 valence electrons. The first kappa shape index (κ1) is 18.6. The van der Waals surface area contributed by atoms with Crippen molar-refractivity contribution in [3.05, 3.63) is 35.2 Å². The summed E-state index contributed by atoms with van der Waals surface area (Å²) in [6, 6.07) is 9.76. The Morgan fingerprint density at radius 3 is 2.71 bits per heavy atom. The van der Waals surface area contributed by atoms with Gasteiger partial charge in [0.05, 0.1) is 4.88 Å². The Bertz CT molecular complexity index is 705. The third-order valence-electron chi connectivity index (χ3n) is 3.69. The van der Waals surface area contributed by atoms with Crippen LogP contribution in [0, 0.1) is 0 Å². The fourth-order valence-corrected chi connectivity index (χ4v) is 3.37. The first-order valence-corrected chi connectivity index (χ1v) is 8.40. The van der Waals surface area contributed by atoms with Gasteiger partial charge in [-0.05, 0) is 42.9 Å². The van der Waals surface area contributed by atoms with Gasteiger partial charge in [-0.2, -0.15) is 0 Å². The summed E-state index contributed by atoms with van der Waals surface area (Å²) in [5, 5.41) is 3.05. The van der Waals surface area contributed by atoms with Crippen molar-refractivity contribution in [1.29, 1.82) is 0 Å². The molecule has 2 heterocycles. The molecule has 0 atom stereocenters. The lowest BCUT2D eigenvalue weighted by molar-refractivity contribution is 0.0801. The quantitative estimate of drug-likeness (QED) is 0.881. The third kappa shape index (κ3) is 4.01. The van der Waals surface area contributed by atoms with Gasteiger partial charge in [-0.3, -0.25) is 4.79 Å². The lowest BCUT2D eigenvalue weighted by Gasteiger charge is -2.18. The molecular formula is C17H21ClN2O3S. The van der Waals surface area contributed by atoms with E-state index in [2.05, 4.69) is 5.32 Å². The van der Waals surface area contributed by atoms with Crippen molar-refractivity contribution in [3.8, 4) is 21.9 Å². The smallest absolute Gasteiger partial charge is 0.263 e. The summed E-state index contributed by atoms with van der Waals surface area (Å²) in [5.41, 5.74) is 1.04. The highest BCUT2D eigenvalue weighted by molar-refractivity contribution is 7.17. The first-order valence-electron chi connectivity index (χ1n) is 7.59. The van der Waals surface area contributed by atoms with Crippen LogP contribution in [0.4, 0.5) is 0 Å². The van der Waals surface area contributed by atoms with E-state index >= 15 is 0 Å². The Morgan fingerprint density at radius 1 is 1.21 bits per heavy atom. The Kier molecular flexibility index (Phi) is 6.48. The zero-order valence-corrected chi connectivity index (χ0v) is 15.3. The predicted octanol–water partition coefficient (Wildman–Crippen LogP) is 2.90. The number of likely N-dealkylation sites (N-methyl/N-ethyl adjacent to an activating group) is 2. The summed E-state index contributed by atoms with van der Waals surface area (Å²) >= 11 is 1.50. The molecule has 3 rings (SSSR count). The van der Waals surface area contributed by atoms with Crippen LogP contribution in [0.25, 0.3) is 10.4 Å². The van der Waals surface area contributed by atoms with E-state index < -0.39 is 0 Å². The molecule has 0 saturated heterocycles. The highest BCUT2D eigenvalue weighted by atomic mass is 35.5. The number of benzene rings is 1. The van der Waals surface area contributed by atoms with Crippen molar-refractivity contribution in [1.82, 2.24) is 10.2 Å². The van der Waals surface area contributed by atoms with E-state index in [-0.39, 0.29) is 18.3 Å². The van der Waals surface area contributed by atoms with E-state index in [4.69, 9.17) is 9.47 Å². The monoisotopic (exact) mass is 368 g/mol. The number of hydrogen-bond donors (Lipinski definition) is 1. The third-order valence-corrected chi connectivity index (χ3v) is 4.81. The minimum atomic E-state index is 0. The van der Waals surface area contributed by atoms with E-state index in [1.807, 2.05) is 44.4 Å². The lowest BCUT2D eigenvalue weighted by atomic mass is 10.1. The van der Waals surface area contributed by atoms with Gasteiger partial charge in [0.2, 0.25) is 0 Å². The standard InChI is InChI=1S/C17H20N2O3S.ClH/c1-18-7-8-19(2)17(20)16-6-5-15(23-16)12-3-4-13-14(11-12)22-10-9-21-13;/h3-6,11,18H,7-10H2,1-2H3;1H. The maximum absolute atomic E-state index is 12.4. The zero-order valence-electron chi connectivity index (χ0n) is 13.7. The molecule has 0 spiro atoms. The maximum Gasteiger partial charge on any atom is 0.263 e. The Balaban J connectivity index is 0.00000208. The average molecular weight is 369 g/mol. The van der Waals surface area contributed by atoms with E-state index in [0.29, 0.717) is 19.8 Å². The SMILES string of the molecule is CNCCN(C)C(=O)c1ccc(-c2ccc3c(c2)OCCO3)s1.Cl. The number of amides is 1. The summed E-state index contributed by atoms with van der Waals surface area (Å²) in [7, 11) is 3.70. The van der Waals surface area contributed by atoms with Gasteiger partial charge in [-0.1, -0.05) is 0 Å². The van der Waals surface area contributed by atoms with Gasteiger partial charge >= 0.3 is 0 Å². The zero-order chi connectivity index (χ0) is 16.2. The van der Waals surface area contributed by atoms with Crippen LogP contribution in [-0.2, 0) is 0 Å². The fourth-order valence-electron chi connectivity index (χ4n) is 2.37. The second-order valence-corrected chi connectivity index (χ2v) is 6.44. The molecule has 5 nitrogen and oxygen atoms in total. The molecular weight excluding hydrogens is 348 g/mol. The number of nitrogens with one attached hydrogen (secondary N) is 1. The van der Waals surface area contributed by atoms with E-state index in [1.54, 1.807) is 4.90 Å². The van der Waals surface area contributed by atoms with Crippen LogP contribution in [0.5, 0.6) is 11.5 Å². The Labute approximate surface area is 152 Å². The second kappa shape index (κ2) is 8.37. The van der Waals surface area contributed by atoms with Gasteiger partial charge in [0.25, 0.3) is 5.91 Å². The van der Waals surface area contributed by atoms with Crippen LogP contribution < -0.4 is 14.8 Å². The summed E-state index contributed by atoms with van der Waals surface area (Å²) in [6.45, 7) is 2.62. The maximum atomic E-state index is 12.4. The molecule has 0 unspecified atom stereocenters. The van der Waals surface area contributed by atoms with Gasteiger partial charge < -0.3 is 19.7 Å². The fraction of sp³-hybridized carbons (Fsp3) is 0.353. The van der Waals surface area contributed by atoms with Gasteiger partial charge in [0.15, 0.2) is 11.5 Å². The van der Waals surface area contributed by atoms with Gasteiger partial charge in [-0.25, -0.2) is 0 Å². The van der Waals surface area contributed by atoms with Crippen LogP contribution in [0.15, 0.2) is 30.3 Å². The molecule has 24 heavy (non-hydrogen) atoms. The minimum Gasteiger partial charge on any atom is -0.486 e. The molecule has 2 aromatic rings. The number of fused-ring (bicyclic) bond motifs is 1.